The maximum Gasteiger partial charge on any atom is 0.181 e. The molecule has 1 aliphatic rings. The fourth-order valence-corrected chi connectivity index (χ4v) is 3.38. The van der Waals surface area contributed by atoms with E-state index >= 15 is 0 Å². The van der Waals surface area contributed by atoms with E-state index < -0.39 is 0 Å². The highest BCUT2D eigenvalue weighted by Gasteiger charge is 2.23. The molecule has 1 saturated heterocycles. The Morgan fingerprint density at radius 2 is 1.58 bits per heavy atom. The van der Waals surface area contributed by atoms with Gasteiger partial charge in [0.1, 0.15) is 5.82 Å². The third kappa shape index (κ3) is 3.39. The van der Waals surface area contributed by atoms with Crippen LogP contribution in [0.4, 0.5) is 0 Å². The molecule has 122 valence electrons. The Kier molecular flexibility index (Phi) is 4.38. The molecule has 0 atom stereocenters. The third-order valence-corrected chi connectivity index (χ3v) is 4.76. The Balaban J connectivity index is 1.37. The van der Waals surface area contributed by atoms with Crippen LogP contribution in [0.3, 0.4) is 0 Å². The topological polar surface area (TPSA) is 44.8 Å². The minimum absolute atomic E-state index is 0.488. The molecule has 4 nitrogen and oxygen atoms in total. The van der Waals surface area contributed by atoms with Crippen molar-refractivity contribution in [3.05, 3.63) is 72.1 Å². The molecule has 1 aromatic heterocycles. The van der Waals surface area contributed by atoms with E-state index in [9.17, 15) is 0 Å². The molecule has 0 radical (unpaired) electrons. The van der Waals surface area contributed by atoms with Gasteiger partial charge in [-0.1, -0.05) is 60.7 Å². The van der Waals surface area contributed by atoms with E-state index in [1.54, 1.807) is 0 Å². The Hall–Kier alpha value is -2.46. The largest absolute Gasteiger partial charge is 0.299 e. The molecule has 1 N–H and O–H groups in total. The molecule has 4 rings (SSSR count). The van der Waals surface area contributed by atoms with Crippen molar-refractivity contribution in [2.24, 2.45) is 0 Å². The summed E-state index contributed by atoms with van der Waals surface area (Å²) in [5, 5.41) is 7.56. The van der Waals surface area contributed by atoms with Crippen LogP contribution in [0.25, 0.3) is 11.4 Å². The Labute approximate surface area is 142 Å². The number of aromatic nitrogens is 3. The first-order chi connectivity index (χ1) is 11.9. The molecule has 1 fully saturated rings. The van der Waals surface area contributed by atoms with Gasteiger partial charge >= 0.3 is 0 Å². The molecule has 0 bridgehead atoms. The highest BCUT2D eigenvalue weighted by molar-refractivity contribution is 5.53. The lowest BCUT2D eigenvalue weighted by Gasteiger charge is -2.30. The predicted molar refractivity (Wildman–Crippen MR) is 95.5 cm³/mol. The molecule has 1 aliphatic heterocycles. The van der Waals surface area contributed by atoms with Crippen molar-refractivity contribution < 1.29 is 0 Å². The van der Waals surface area contributed by atoms with Crippen LogP contribution >= 0.6 is 0 Å². The number of piperidine rings is 1. The summed E-state index contributed by atoms with van der Waals surface area (Å²) in [6.45, 7) is 3.26. The number of benzene rings is 2. The SMILES string of the molecule is c1ccc(CN2CCC(c3nc(-c4ccccc4)n[nH]3)CC2)cc1. The molecule has 2 aromatic carbocycles. The molecule has 24 heavy (non-hydrogen) atoms. The summed E-state index contributed by atoms with van der Waals surface area (Å²) in [5.41, 5.74) is 2.46. The van der Waals surface area contributed by atoms with Gasteiger partial charge < -0.3 is 0 Å². The van der Waals surface area contributed by atoms with E-state index in [1.165, 1.54) is 5.56 Å². The van der Waals surface area contributed by atoms with Gasteiger partial charge in [0, 0.05) is 18.0 Å². The Morgan fingerprint density at radius 3 is 2.29 bits per heavy atom. The van der Waals surface area contributed by atoms with Crippen molar-refractivity contribution in [1.82, 2.24) is 20.1 Å². The minimum atomic E-state index is 0.488. The number of H-pyrrole nitrogens is 1. The van der Waals surface area contributed by atoms with Crippen LogP contribution in [0, 0.1) is 0 Å². The molecule has 0 saturated carbocycles. The summed E-state index contributed by atoms with van der Waals surface area (Å²) in [6.07, 6.45) is 2.27. The molecule has 0 aliphatic carbocycles. The maximum absolute atomic E-state index is 4.73. The third-order valence-electron chi connectivity index (χ3n) is 4.76. The number of hydrogen-bond acceptors (Lipinski definition) is 3. The van der Waals surface area contributed by atoms with Gasteiger partial charge in [0.2, 0.25) is 0 Å². The summed E-state index contributed by atoms with van der Waals surface area (Å²) < 4.78 is 0. The van der Waals surface area contributed by atoms with E-state index in [-0.39, 0.29) is 0 Å². The monoisotopic (exact) mass is 318 g/mol. The van der Waals surface area contributed by atoms with Gasteiger partial charge in [-0.25, -0.2) is 4.98 Å². The highest BCUT2D eigenvalue weighted by atomic mass is 15.2. The van der Waals surface area contributed by atoms with Crippen molar-refractivity contribution in [2.75, 3.05) is 13.1 Å². The standard InChI is InChI=1S/C20H22N4/c1-3-7-16(8-4-1)15-24-13-11-18(12-14-24)20-21-19(22-23-20)17-9-5-2-6-10-17/h1-10,18H,11-15H2,(H,21,22,23). The molecule has 0 spiro atoms. The van der Waals surface area contributed by atoms with Crippen molar-refractivity contribution >= 4 is 0 Å². The Bertz CT molecular complexity index is 759. The summed E-state index contributed by atoms with van der Waals surface area (Å²) >= 11 is 0. The lowest BCUT2D eigenvalue weighted by atomic mass is 9.96. The highest BCUT2D eigenvalue weighted by Crippen LogP contribution is 2.27. The molecule has 0 unspecified atom stereocenters. The first kappa shape index (κ1) is 15.1. The van der Waals surface area contributed by atoms with Crippen molar-refractivity contribution in [3.8, 4) is 11.4 Å². The number of hydrogen-bond donors (Lipinski definition) is 1. The van der Waals surface area contributed by atoms with Gasteiger partial charge in [0.15, 0.2) is 5.82 Å². The van der Waals surface area contributed by atoms with Crippen LogP contribution < -0.4 is 0 Å². The van der Waals surface area contributed by atoms with E-state index in [0.717, 1.165) is 49.7 Å². The average Bonchev–Trinajstić information content (AvgIpc) is 3.14. The maximum atomic E-state index is 4.73. The number of nitrogens with one attached hydrogen (secondary N) is 1. The number of likely N-dealkylation sites (tertiary alicyclic amines) is 1. The van der Waals surface area contributed by atoms with Crippen LogP contribution in [0.1, 0.15) is 30.1 Å². The number of aromatic amines is 1. The predicted octanol–water partition coefficient (Wildman–Crippen LogP) is 3.85. The number of rotatable bonds is 4. The van der Waals surface area contributed by atoms with Gasteiger partial charge in [-0.15, -0.1) is 0 Å². The lowest BCUT2D eigenvalue weighted by molar-refractivity contribution is 0.202. The van der Waals surface area contributed by atoms with E-state index in [0.29, 0.717) is 5.92 Å². The zero-order valence-electron chi connectivity index (χ0n) is 13.7. The van der Waals surface area contributed by atoms with Gasteiger partial charge in [-0.2, -0.15) is 5.10 Å². The molecule has 2 heterocycles. The zero-order chi connectivity index (χ0) is 16.2. The summed E-state index contributed by atoms with van der Waals surface area (Å²) in [6, 6.07) is 20.9. The molecule has 3 aromatic rings. The minimum Gasteiger partial charge on any atom is -0.299 e. The van der Waals surface area contributed by atoms with Crippen molar-refractivity contribution in [3.63, 3.8) is 0 Å². The van der Waals surface area contributed by atoms with Crippen LogP contribution in [-0.4, -0.2) is 33.2 Å². The normalized spacial score (nSPS) is 16.3. The van der Waals surface area contributed by atoms with Crippen LogP contribution in [0.5, 0.6) is 0 Å². The smallest absolute Gasteiger partial charge is 0.181 e. The fraction of sp³-hybridized carbons (Fsp3) is 0.300. The average molecular weight is 318 g/mol. The summed E-state index contributed by atoms with van der Waals surface area (Å²) in [5.74, 6) is 2.33. The van der Waals surface area contributed by atoms with Crippen molar-refractivity contribution in [1.29, 1.82) is 0 Å². The van der Waals surface area contributed by atoms with E-state index in [2.05, 4.69) is 57.6 Å². The molecular weight excluding hydrogens is 296 g/mol. The molecule has 0 amide bonds. The van der Waals surface area contributed by atoms with Gasteiger partial charge in [-0.05, 0) is 31.5 Å². The van der Waals surface area contributed by atoms with E-state index in [1.807, 2.05) is 18.2 Å². The van der Waals surface area contributed by atoms with Gasteiger partial charge in [0.25, 0.3) is 0 Å². The molecule has 4 heteroatoms. The second-order valence-corrected chi connectivity index (χ2v) is 6.45. The second-order valence-electron chi connectivity index (χ2n) is 6.45. The second kappa shape index (κ2) is 6.97. The van der Waals surface area contributed by atoms with E-state index in [4.69, 9.17) is 4.98 Å². The summed E-state index contributed by atoms with van der Waals surface area (Å²) in [7, 11) is 0. The van der Waals surface area contributed by atoms with Gasteiger partial charge in [-0.3, -0.25) is 10.00 Å². The quantitative estimate of drug-likeness (QED) is 0.794. The van der Waals surface area contributed by atoms with Crippen LogP contribution in [0.15, 0.2) is 60.7 Å². The zero-order valence-corrected chi connectivity index (χ0v) is 13.7. The van der Waals surface area contributed by atoms with Crippen LogP contribution in [0.2, 0.25) is 0 Å². The lowest BCUT2D eigenvalue weighted by Crippen LogP contribution is -2.32. The molecular formula is C20H22N4. The first-order valence-electron chi connectivity index (χ1n) is 8.62. The van der Waals surface area contributed by atoms with Crippen molar-refractivity contribution in [2.45, 2.75) is 25.3 Å². The Morgan fingerprint density at radius 1 is 0.917 bits per heavy atom. The fourth-order valence-electron chi connectivity index (χ4n) is 3.38. The number of nitrogens with zero attached hydrogens (tertiary/aromatic N) is 3. The van der Waals surface area contributed by atoms with Crippen LogP contribution in [-0.2, 0) is 6.54 Å². The van der Waals surface area contributed by atoms with Gasteiger partial charge in [0.05, 0.1) is 0 Å². The first-order valence-corrected chi connectivity index (χ1v) is 8.62. The summed E-state index contributed by atoms with van der Waals surface area (Å²) in [4.78, 5) is 7.26.